The maximum absolute atomic E-state index is 12.9. The van der Waals surface area contributed by atoms with Gasteiger partial charge in [0.1, 0.15) is 19.8 Å². The van der Waals surface area contributed by atoms with E-state index in [2.05, 4.69) is 111 Å². The molecule has 106 heavy (non-hydrogen) atoms. The Morgan fingerprint density at radius 2 is 0.538 bits per heavy atom. The van der Waals surface area contributed by atoms with E-state index in [0.717, 1.165) is 77.0 Å². The number of likely N-dealkylation sites (N-methyl/N-ethyl adjacent to an activating group) is 1. The van der Waals surface area contributed by atoms with E-state index in [9.17, 15) is 19.0 Å². The lowest BCUT2D eigenvalue weighted by molar-refractivity contribution is -0.870. The molecule has 2 atom stereocenters. The van der Waals surface area contributed by atoms with E-state index >= 15 is 0 Å². The predicted molar refractivity (Wildman–Crippen MR) is 462 cm³/mol. The first-order valence-corrected chi connectivity index (χ1v) is 47.4. The molecule has 0 aliphatic carbocycles. The van der Waals surface area contributed by atoms with Crippen molar-refractivity contribution in [3.05, 3.63) is 97.2 Å². The number of esters is 2. The van der Waals surface area contributed by atoms with Crippen LogP contribution in [0.2, 0.25) is 0 Å². The van der Waals surface area contributed by atoms with Crippen LogP contribution in [-0.4, -0.2) is 70.0 Å². The van der Waals surface area contributed by atoms with Crippen molar-refractivity contribution in [1.29, 1.82) is 0 Å². The summed E-state index contributed by atoms with van der Waals surface area (Å²) < 4.78 is 34.5. The Bertz CT molecular complexity index is 2120. The Kier molecular flexibility index (Phi) is 83.4. The molecule has 0 aromatic rings. The third kappa shape index (κ3) is 89.8. The van der Waals surface area contributed by atoms with Crippen molar-refractivity contribution in [2.24, 2.45) is 0 Å². The molecule has 0 aromatic heterocycles. The molecule has 0 amide bonds. The molecule has 618 valence electrons. The Hall–Kier alpha value is -3.07. The summed E-state index contributed by atoms with van der Waals surface area (Å²) in [7, 11) is 1.19. The number of rotatable bonds is 86. The molecule has 0 saturated heterocycles. The van der Waals surface area contributed by atoms with Gasteiger partial charge in [-0.1, -0.05) is 439 Å². The van der Waals surface area contributed by atoms with Crippen LogP contribution in [0.5, 0.6) is 0 Å². The third-order valence-corrected chi connectivity index (χ3v) is 21.6. The number of hydrogen-bond donors (Lipinski definition) is 0. The zero-order valence-corrected chi connectivity index (χ0v) is 71.8. The molecule has 0 rings (SSSR count). The van der Waals surface area contributed by atoms with Crippen LogP contribution in [-0.2, 0) is 32.7 Å². The van der Waals surface area contributed by atoms with Gasteiger partial charge in [-0.05, 0) is 96.3 Å². The van der Waals surface area contributed by atoms with Gasteiger partial charge in [0, 0.05) is 12.8 Å². The molecular formula is C96H176NO8P. The molecule has 10 heteroatoms. The van der Waals surface area contributed by atoms with Crippen LogP contribution in [0.1, 0.15) is 450 Å². The standard InChI is InChI=1S/C96H176NO8P/c1-6-8-10-12-14-16-18-20-22-24-26-28-30-32-34-36-38-40-42-44-46-48-50-52-54-56-58-60-62-64-66-68-70-72-74-76-78-80-82-84-86-88-95(98)102-92-94(93-104-106(100,101)103-91-90-97(3,4)5)105-96(99)89-87-85-83-81-79-77-75-73-71-69-67-65-63-61-59-57-55-53-51-49-47-45-43-41-39-37-35-33-31-29-27-25-23-21-19-17-15-13-11-9-7-2/h9,11,15,17-18,20-21,23-24,26-27,29-30,32-33,35,94H,6-8,10,12-14,16,19,22,25,28,31,34,36-93H2,1-5H3/b11-9-,17-15-,20-18-,23-21-,26-24-,29-27-,32-30-,35-33-. The summed E-state index contributed by atoms with van der Waals surface area (Å²) in [6, 6.07) is 0. The van der Waals surface area contributed by atoms with Gasteiger partial charge in [0.15, 0.2) is 6.10 Å². The van der Waals surface area contributed by atoms with E-state index in [1.165, 1.54) is 340 Å². The maximum atomic E-state index is 12.9. The van der Waals surface area contributed by atoms with Gasteiger partial charge in [0.25, 0.3) is 7.82 Å². The molecular weight excluding hydrogens is 1330 g/mol. The first-order chi connectivity index (χ1) is 52.0. The second kappa shape index (κ2) is 85.9. The molecule has 0 bridgehead atoms. The van der Waals surface area contributed by atoms with Gasteiger partial charge in [-0.25, -0.2) is 0 Å². The molecule has 0 heterocycles. The number of quaternary nitrogens is 1. The van der Waals surface area contributed by atoms with Crippen molar-refractivity contribution < 1.29 is 42.1 Å². The quantitative estimate of drug-likeness (QED) is 0.0195. The van der Waals surface area contributed by atoms with E-state index in [4.69, 9.17) is 18.5 Å². The maximum Gasteiger partial charge on any atom is 0.306 e. The van der Waals surface area contributed by atoms with Gasteiger partial charge in [-0.3, -0.25) is 14.2 Å². The second-order valence-corrected chi connectivity index (χ2v) is 33.7. The lowest BCUT2D eigenvalue weighted by atomic mass is 10.0. The molecule has 0 aliphatic rings. The monoisotopic (exact) mass is 1500 g/mol. The first kappa shape index (κ1) is 103. The van der Waals surface area contributed by atoms with Crippen LogP contribution in [0, 0.1) is 0 Å². The highest BCUT2D eigenvalue weighted by molar-refractivity contribution is 7.45. The fourth-order valence-corrected chi connectivity index (χ4v) is 14.4. The van der Waals surface area contributed by atoms with Crippen LogP contribution in [0.15, 0.2) is 97.2 Å². The average molecular weight is 1500 g/mol. The SMILES string of the molecule is CC/C=C\C/C=C\C/C=C\C/C=C\C/C=C\CCCCCCCCCCCCCCCCCCCCCCCCCCCC(=O)OC(COC(=O)CCCCCCCCCCCCCCCCCCCCCCCCCCCC/C=C\C/C=C\C/C=C\CCCCCCC)COP(=O)([O-])OCC[N+](C)(C)C. The number of phosphoric ester groups is 1. The molecule has 0 saturated carbocycles. The van der Waals surface area contributed by atoms with E-state index in [0.29, 0.717) is 17.4 Å². The summed E-state index contributed by atoms with van der Waals surface area (Å²) >= 11 is 0. The van der Waals surface area contributed by atoms with E-state index in [1.54, 1.807) is 0 Å². The Morgan fingerprint density at radius 3 is 0.802 bits per heavy atom. The summed E-state index contributed by atoms with van der Waals surface area (Å²) in [6.45, 7) is 4.18. The average Bonchev–Trinajstić information content (AvgIpc) is 0.908. The number of unbranched alkanes of at least 4 members (excludes halogenated alkanes) is 56. The van der Waals surface area contributed by atoms with E-state index < -0.39 is 26.5 Å². The first-order valence-electron chi connectivity index (χ1n) is 45.9. The van der Waals surface area contributed by atoms with Crippen molar-refractivity contribution in [3.8, 4) is 0 Å². The number of phosphoric acid groups is 1. The Morgan fingerprint density at radius 1 is 0.302 bits per heavy atom. The van der Waals surface area contributed by atoms with E-state index in [-0.39, 0.29) is 32.0 Å². The minimum atomic E-state index is -4.65. The lowest BCUT2D eigenvalue weighted by Crippen LogP contribution is -2.37. The third-order valence-electron chi connectivity index (χ3n) is 20.6. The highest BCUT2D eigenvalue weighted by Gasteiger charge is 2.22. The molecule has 0 fully saturated rings. The zero-order valence-electron chi connectivity index (χ0n) is 70.9. The summed E-state index contributed by atoms with van der Waals surface area (Å²) in [6.07, 6.45) is 122. The highest BCUT2D eigenvalue weighted by Crippen LogP contribution is 2.38. The van der Waals surface area contributed by atoms with Crippen LogP contribution in [0.3, 0.4) is 0 Å². The van der Waals surface area contributed by atoms with Gasteiger partial charge in [0.2, 0.25) is 0 Å². The number of carbonyl (C=O) groups excluding carboxylic acids is 2. The zero-order chi connectivity index (χ0) is 76.8. The largest absolute Gasteiger partial charge is 0.756 e. The van der Waals surface area contributed by atoms with Crippen molar-refractivity contribution >= 4 is 19.8 Å². The van der Waals surface area contributed by atoms with Crippen molar-refractivity contribution in [1.82, 2.24) is 0 Å². The summed E-state index contributed by atoms with van der Waals surface area (Å²) in [5.74, 6) is -0.808. The van der Waals surface area contributed by atoms with Gasteiger partial charge >= 0.3 is 11.9 Å². The Balaban J connectivity index is 3.84. The van der Waals surface area contributed by atoms with Gasteiger partial charge in [-0.15, -0.1) is 0 Å². The molecule has 0 aromatic carbocycles. The number of carbonyl (C=O) groups is 2. The number of nitrogens with zero attached hydrogens (tertiary/aromatic N) is 1. The van der Waals surface area contributed by atoms with Gasteiger partial charge < -0.3 is 27.9 Å². The second-order valence-electron chi connectivity index (χ2n) is 32.3. The molecule has 0 aliphatic heterocycles. The lowest BCUT2D eigenvalue weighted by Gasteiger charge is -2.28. The predicted octanol–water partition coefficient (Wildman–Crippen LogP) is 30.7. The van der Waals surface area contributed by atoms with Crippen molar-refractivity contribution in [2.75, 3.05) is 47.5 Å². The fraction of sp³-hybridized carbons (Fsp3) is 0.812. The smallest absolute Gasteiger partial charge is 0.306 e. The number of hydrogen-bond acceptors (Lipinski definition) is 8. The molecule has 0 spiro atoms. The normalized spacial score (nSPS) is 13.4. The van der Waals surface area contributed by atoms with Crippen LogP contribution in [0.4, 0.5) is 0 Å². The molecule has 9 nitrogen and oxygen atoms in total. The summed E-state index contributed by atoms with van der Waals surface area (Å²) in [5, 5.41) is 0. The van der Waals surface area contributed by atoms with Crippen LogP contribution < -0.4 is 4.89 Å². The van der Waals surface area contributed by atoms with Crippen molar-refractivity contribution in [2.45, 2.75) is 457 Å². The highest BCUT2D eigenvalue weighted by atomic mass is 31.2. The topological polar surface area (TPSA) is 111 Å². The number of allylic oxidation sites excluding steroid dienone is 16. The van der Waals surface area contributed by atoms with Crippen LogP contribution >= 0.6 is 7.82 Å². The van der Waals surface area contributed by atoms with Gasteiger partial charge in [-0.2, -0.15) is 0 Å². The summed E-state index contributed by atoms with van der Waals surface area (Å²) in [5.41, 5.74) is 0. The minimum absolute atomic E-state index is 0.0291. The molecule has 2 unspecified atom stereocenters. The summed E-state index contributed by atoms with van der Waals surface area (Å²) in [4.78, 5) is 38.3. The fourth-order valence-electron chi connectivity index (χ4n) is 13.6. The van der Waals surface area contributed by atoms with Crippen molar-refractivity contribution in [3.63, 3.8) is 0 Å². The number of ether oxygens (including phenoxy) is 2. The molecule has 0 N–H and O–H groups in total. The van der Waals surface area contributed by atoms with E-state index in [1.807, 2.05) is 21.1 Å². The van der Waals surface area contributed by atoms with Crippen LogP contribution in [0.25, 0.3) is 0 Å². The van der Waals surface area contributed by atoms with Gasteiger partial charge in [0.05, 0.1) is 27.7 Å². The minimum Gasteiger partial charge on any atom is -0.756 e. The Labute approximate surface area is 659 Å². The molecule has 0 radical (unpaired) electrons.